The van der Waals surface area contributed by atoms with Gasteiger partial charge in [-0.25, -0.2) is 10.1 Å². The number of aryl methyl sites for hydroxylation is 1. The van der Waals surface area contributed by atoms with E-state index in [4.69, 9.17) is 16.3 Å². The van der Waals surface area contributed by atoms with Crippen LogP contribution in [0.1, 0.15) is 24.5 Å². The molecule has 38 heavy (non-hydrogen) atoms. The van der Waals surface area contributed by atoms with E-state index in [1.807, 2.05) is 17.9 Å². The molecule has 0 radical (unpaired) electrons. The number of halogens is 4. The summed E-state index contributed by atoms with van der Waals surface area (Å²) < 4.78 is 45.1. The third-order valence-corrected chi connectivity index (χ3v) is 6.85. The largest absolute Gasteiger partial charge is 0.423 e. The lowest BCUT2D eigenvalue weighted by Gasteiger charge is -2.46. The minimum atomic E-state index is -4.85. The second kappa shape index (κ2) is 10.8. The van der Waals surface area contributed by atoms with Gasteiger partial charge in [-0.2, -0.15) is 18.3 Å². The Labute approximate surface area is 220 Å². The fourth-order valence-corrected chi connectivity index (χ4v) is 4.65. The molecule has 0 aliphatic carbocycles. The van der Waals surface area contributed by atoms with Crippen LogP contribution in [0.4, 0.5) is 30.4 Å². The topological polar surface area (TPSA) is 124 Å². The van der Waals surface area contributed by atoms with Crippen LogP contribution >= 0.6 is 11.6 Å². The van der Waals surface area contributed by atoms with Crippen LogP contribution in [0.15, 0.2) is 17.1 Å². The zero-order valence-corrected chi connectivity index (χ0v) is 21.7. The molecule has 4 rings (SSSR count). The Balaban J connectivity index is 1.29. The Morgan fingerprint density at radius 2 is 2.08 bits per heavy atom. The maximum Gasteiger partial charge on any atom is 0.423 e. The molecule has 2 atom stereocenters. The summed E-state index contributed by atoms with van der Waals surface area (Å²) in [5, 5.41) is 8.12. The summed E-state index contributed by atoms with van der Waals surface area (Å²) >= 11 is 6.22. The molecule has 2 aromatic rings. The number of aromatic nitrogens is 3. The van der Waals surface area contributed by atoms with Crippen molar-refractivity contribution in [1.29, 1.82) is 0 Å². The molecule has 2 N–H and O–H groups in total. The van der Waals surface area contributed by atoms with Crippen molar-refractivity contribution in [2.75, 3.05) is 55.0 Å². The Morgan fingerprint density at radius 3 is 2.79 bits per heavy atom. The molecule has 0 saturated carbocycles. The fourth-order valence-electron chi connectivity index (χ4n) is 4.52. The number of ether oxygens (including phenoxy) is 1. The number of rotatable bonds is 7. The number of anilines is 3. The molecule has 15 heteroatoms. The molecule has 0 aromatic carbocycles. The number of amides is 2. The normalized spacial score (nSPS) is 18.2. The minimum Gasteiger partial charge on any atom is -0.379 e. The number of pyridine rings is 1. The maximum atomic E-state index is 13.2. The third kappa shape index (κ3) is 5.55. The Morgan fingerprint density at radius 1 is 1.34 bits per heavy atom. The number of piperazine rings is 1. The highest BCUT2D eigenvalue weighted by atomic mass is 35.5. The van der Waals surface area contributed by atoms with Gasteiger partial charge in [0.15, 0.2) is 5.82 Å². The lowest BCUT2D eigenvalue weighted by atomic mass is 10.0. The van der Waals surface area contributed by atoms with Gasteiger partial charge in [0.05, 0.1) is 43.8 Å². The first-order valence-corrected chi connectivity index (χ1v) is 12.2. The molecule has 0 spiro atoms. The van der Waals surface area contributed by atoms with Gasteiger partial charge in [-0.05, 0) is 25.5 Å². The smallest absolute Gasteiger partial charge is 0.379 e. The van der Waals surface area contributed by atoms with E-state index < -0.39 is 35.1 Å². The van der Waals surface area contributed by atoms with E-state index in [0.717, 1.165) is 11.8 Å². The molecule has 2 aliphatic rings. The van der Waals surface area contributed by atoms with Crippen molar-refractivity contribution in [1.82, 2.24) is 20.1 Å². The number of nitrogens with one attached hydrogen (secondary N) is 2. The molecule has 2 aliphatic heterocycles. The second-order valence-corrected chi connectivity index (χ2v) is 9.60. The number of likely N-dealkylation sites (N-methyl/N-ethyl adjacent to an activating group) is 1. The van der Waals surface area contributed by atoms with Crippen LogP contribution in [-0.4, -0.2) is 83.9 Å². The van der Waals surface area contributed by atoms with E-state index in [1.54, 1.807) is 24.0 Å². The maximum absolute atomic E-state index is 13.2. The molecular formula is C23H27ClF3N7O4. The van der Waals surface area contributed by atoms with E-state index in [0.29, 0.717) is 29.7 Å². The van der Waals surface area contributed by atoms with Gasteiger partial charge < -0.3 is 24.8 Å². The summed E-state index contributed by atoms with van der Waals surface area (Å²) in [6.07, 6.45) is -3.94. The Hall–Kier alpha value is -3.39. The van der Waals surface area contributed by atoms with Gasteiger partial charge in [-0.15, -0.1) is 0 Å². The van der Waals surface area contributed by atoms with Crippen LogP contribution in [0.2, 0.25) is 5.15 Å². The number of carbonyl (C=O) groups excluding carboxylic acids is 2. The standard InChI is InChI=1S/C23H27ClF3N7O4/c1-12-8-15-20(30-19(12)24)34-6-5-33(10-16(34)22(37)32(15)3)17(35)4-7-38-11-13(2)29-14-9-28-31-21(36)18(14)23(25,26)27/h8-9,13,16H,4-7,10-11H2,1-3H3,(H2,29,31,36)/t13-,16-/m0/s1. The Bertz CT molecular complexity index is 1290. The lowest BCUT2D eigenvalue weighted by molar-refractivity contribution is -0.138. The zero-order chi connectivity index (χ0) is 27.8. The molecule has 0 bridgehead atoms. The first-order chi connectivity index (χ1) is 17.9. The highest BCUT2D eigenvalue weighted by Gasteiger charge is 2.42. The summed E-state index contributed by atoms with van der Waals surface area (Å²) in [6, 6.07) is 0.628. The molecule has 1 fully saturated rings. The zero-order valence-electron chi connectivity index (χ0n) is 20.9. The van der Waals surface area contributed by atoms with Crippen molar-refractivity contribution >= 4 is 40.6 Å². The predicted octanol–water partition coefficient (Wildman–Crippen LogP) is 2.05. The van der Waals surface area contributed by atoms with Crippen LogP contribution in [0.3, 0.4) is 0 Å². The molecule has 11 nitrogen and oxygen atoms in total. The second-order valence-electron chi connectivity index (χ2n) is 9.24. The van der Waals surface area contributed by atoms with E-state index >= 15 is 0 Å². The number of carbonyl (C=O) groups is 2. The van der Waals surface area contributed by atoms with E-state index in [9.17, 15) is 27.6 Å². The van der Waals surface area contributed by atoms with Gasteiger partial charge in [0.1, 0.15) is 16.8 Å². The molecule has 206 valence electrons. The average Bonchev–Trinajstić information content (AvgIpc) is 2.85. The van der Waals surface area contributed by atoms with Crippen molar-refractivity contribution in [2.24, 2.45) is 0 Å². The first-order valence-electron chi connectivity index (χ1n) is 11.9. The Kier molecular flexibility index (Phi) is 7.83. The number of aromatic amines is 1. The van der Waals surface area contributed by atoms with Gasteiger partial charge in [0, 0.05) is 26.2 Å². The average molecular weight is 558 g/mol. The van der Waals surface area contributed by atoms with Crippen molar-refractivity contribution < 1.29 is 27.5 Å². The van der Waals surface area contributed by atoms with Crippen LogP contribution in [-0.2, 0) is 20.5 Å². The van der Waals surface area contributed by atoms with Gasteiger partial charge >= 0.3 is 6.18 Å². The van der Waals surface area contributed by atoms with E-state index in [-0.39, 0.29) is 38.0 Å². The summed E-state index contributed by atoms with van der Waals surface area (Å²) in [6.45, 7) is 4.38. The molecule has 4 heterocycles. The predicted molar refractivity (Wildman–Crippen MR) is 133 cm³/mol. The van der Waals surface area contributed by atoms with Gasteiger partial charge in [-0.1, -0.05) is 11.6 Å². The monoisotopic (exact) mass is 557 g/mol. The fraction of sp³-hybridized carbons (Fsp3) is 0.522. The minimum absolute atomic E-state index is 0.0142. The van der Waals surface area contributed by atoms with E-state index in [1.165, 1.54) is 4.90 Å². The first kappa shape index (κ1) is 27.6. The third-order valence-electron chi connectivity index (χ3n) is 6.46. The number of hydrogen-bond acceptors (Lipinski definition) is 8. The number of alkyl halides is 3. The SMILES string of the molecule is Cc1cc2c(nc1Cl)N1CCN(C(=O)CCOC[C@H](C)Nc3cn[nH]c(=O)c3C(F)(F)F)C[C@H]1C(=O)N2C. The summed E-state index contributed by atoms with van der Waals surface area (Å²) in [5.74, 6) is 0.246. The number of nitrogens with zero attached hydrogens (tertiary/aromatic N) is 5. The van der Waals surface area contributed by atoms with Crippen LogP contribution in [0, 0.1) is 6.92 Å². The highest BCUT2D eigenvalue weighted by Crippen LogP contribution is 2.37. The molecule has 1 saturated heterocycles. The lowest BCUT2D eigenvalue weighted by Crippen LogP contribution is -2.63. The van der Waals surface area contributed by atoms with Crippen molar-refractivity contribution in [3.63, 3.8) is 0 Å². The van der Waals surface area contributed by atoms with Gasteiger partial charge in [-0.3, -0.25) is 14.4 Å². The number of hydrogen-bond donors (Lipinski definition) is 2. The van der Waals surface area contributed by atoms with Crippen molar-refractivity contribution in [3.05, 3.63) is 38.9 Å². The van der Waals surface area contributed by atoms with Crippen LogP contribution in [0.5, 0.6) is 0 Å². The van der Waals surface area contributed by atoms with Gasteiger partial charge in [0.25, 0.3) is 11.5 Å². The van der Waals surface area contributed by atoms with Gasteiger partial charge in [0.2, 0.25) is 5.91 Å². The number of H-pyrrole nitrogens is 1. The molecule has 0 unspecified atom stereocenters. The number of fused-ring (bicyclic) bond motifs is 3. The van der Waals surface area contributed by atoms with Crippen LogP contribution in [0.25, 0.3) is 0 Å². The summed E-state index contributed by atoms with van der Waals surface area (Å²) in [4.78, 5) is 46.9. The van der Waals surface area contributed by atoms with Crippen LogP contribution < -0.4 is 20.7 Å². The van der Waals surface area contributed by atoms with E-state index in [2.05, 4.69) is 15.4 Å². The quantitative estimate of drug-likeness (QED) is 0.392. The molecule has 2 aromatic heterocycles. The molecular weight excluding hydrogens is 531 g/mol. The summed E-state index contributed by atoms with van der Waals surface area (Å²) in [5.41, 5.74) is -1.74. The van der Waals surface area contributed by atoms with Crippen molar-refractivity contribution in [2.45, 2.75) is 38.5 Å². The summed E-state index contributed by atoms with van der Waals surface area (Å²) in [7, 11) is 1.66. The van der Waals surface area contributed by atoms with Crippen molar-refractivity contribution in [3.8, 4) is 0 Å². The molecule has 2 amide bonds. The highest BCUT2D eigenvalue weighted by molar-refractivity contribution is 6.30.